The lowest BCUT2D eigenvalue weighted by Crippen LogP contribution is -2.45. The molecule has 3 rings (SSSR count). The van der Waals surface area contributed by atoms with Crippen molar-refractivity contribution in [3.8, 4) is 0 Å². The summed E-state index contributed by atoms with van der Waals surface area (Å²) in [5.74, 6) is 0.447. The molecule has 0 spiro atoms. The predicted molar refractivity (Wildman–Crippen MR) is 105 cm³/mol. The first-order valence-electron chi connectivity index (χ1n) is 10.3. The highest BCUT2D eigenvalue weighted by atomic mass is 16.5. The molecule has 1 saturated carbocycles. The fourth-order valence-corrected chi connectivity index (χ4v) is 4.09. The van der Waals surface area contributed by atoms with Gasteiger partial charge < -0.3 is 15.0 Å². The van der Waals surface area contributed by atoms with E-state index in [4.69, 9.17) is 4.74 Å². The fourth-order valence-electron chi connectivity index (χ4n) is 4.09. The molecule has 3 atom stereocenters. The third-order valence-corrected chi connectivity index (χ3v) is 6.12. The van der Waals surface area contributed by atoms with Gasteiger partial charge in [-0.05, 0) is 42.4 Å². The van der Waals surface area contributed by atoms with E-state index in [0.29, 0.717) is 30.4 Å². The molecule has 1 aliphatic heterocycles. The summed E-state index contributed by atoms with van der Waals surface area (Å²) in [7, 11) is 0. The van der Waals surface area contributed by atoms with Gasteiger partial charge in [-0.25, -0.2) is 4.79 Å². The van der Waals surface area contributed by atoms with E-state index in [2.05, 4.69) is 19.2 Å². The number of hydrogen-bond donors (Lipinski definition) is 1. The first-order valence-corrected chi connectivity index (χ1v) is 10.3. The van der Waals surface area contributed by atoms with Gasteiger partial charge in [0.25, 0.3) is 5.91 Å². The lowest BCUT2D eigenvalue weighted by Gasteiger charge is -2.34. The zero-order chi connectivity index (χ0) is 20.1. The average Bonchev–Trinajstić information content (AvgIpc) is 3.09. The minimum atomic E-state index is -0.510. The number of esters is 1. The van der Waals surface area contributed by atoms with E-state index < -0.39 is 5.97 Å². The Hall–Kier alpha value is -2.37. The summed E-state index contributed by atoms with van der Waals surface area (Å²) < 4.78 is 5.17. The number of amides is 2. The second-order valence-corrected chi connectivity index (χ2v) is 8.13. The van der Waals surface area contributed by atoms with Crippen LogP contribution in [0.1, 0.15) is 61.9 Å². The number of benzene rings is 1. The molecule has 2 amide bonds. The van der Waals surface area contributed by atoms with Gasteiger partial charge in [0.2, 0.25) is 5.91 Å². The molecule has 28 heavy (non-hydrogen) atoms. The van der Waals surface area contributed by atoms with Crippen LogP contribution in [0.25, 0.3) is 0 Å². The van der Waals surface area contributed by atoms with Crippen LogP contribution >= 0.6 is 0 Å². The molecule has 152 valence electrons. The Balaban J connectivity index is 1.45. The van der Waals surface area contributed by atoms with Gasteiger partial charge in [0.15, 0.2) is 6.61 Å². The summed E-state index contributed by atoms with van der Waals surface area (Å²) in [5.41, 5.74) is 1.38. The van der Waals surface area contributed by atoms with E-state index in [-0.39, 0.29) is 24.5 Å². The predicted octanol–water partition coefficient (Wildman–Crippen LogP) is 2.91. The molecule has 0 unspecified atom stereocenters. The van der Waals surface area contributed by atoms with Crippen LogP contribution in [0.15, 0.2) is 24.3 Å². The molecular weight excluding hydrogens is 356 g/mol. The number of rotatable bonds is 6. The summed E-state index contributed by atoms with van der Waals surface area (Å²) in [6, 6.07) is 7.17. The highest BCUT2D eigenvalue weighted by Crippen LogP contribution is 2.29. The highest BCUT2D eigenvalue weighted by Gasteiger charge is 2.28. The average molecular weight is 386 g/mol. The van der Waals surface area contributed by atoms with E-state index in [1.807, 2.05) is 17.0 Å². The Labute approximate surface area is 166 Å². The Morgan fingerprint density at radius 2 is 1.89 bits per heavy atom. The van der Waals surface area contributed by atoms with Crippen molar-refractivity contribution < 1.29 is 19.1 Å². The molecule has 2 aliphatic rings. The molecule has 1 heterocycles. The smallest absolute Gasteiger partial charge is 0.338 e. The van der Waals surface area contributed by atoms with Crippen molar-refractivity contribution in [2.24, 2.45) is 11.8 Å². The van der Waals surface area contributed by atoms with E-state index in [9.17, 15) is 14.4 Å². The van der Waals surface area contributed by atoms with Crippen LogP contribution in [-0.2, 0) is 20.9 Å². The zero-order valence-corrected chi connectivity index (χ0v) is 16.8. The van der Waals surface area contributed by atoms with E-state index in [1.165, 1.54) is 6.42 Å². The summed E-state index contributed by atoms with van der Waals surface area (Å²) in [6.07, 6.45) is 4.82. The number of ether oxygens (including phenoxy) is 1. The van der Waals surface area contributed by atoms with Crippen LogP contribution in [0.3, 0.4) is 0 Å². The Morgan fingerprint density at radius 3 is 2.57 bits per heavy atom. The standard InChI is InChI=1S/C22H30N2O4/c1-15-5-3-6-19(16(15)2)23-20(25)14-28-22(27)18-10-8-17(9-11-18)13-24-12-4-7-21(24)26/h8-11,15-16,19H,3-7,12-14H2,1-2H3,(H,23,25)/t15-,16+,19+/m0/s1. The summed E-state index contributed by atoms with van der Waals surface area (Å²) in [5, 5.41) is 3.01. The number of carbonyl (C=O) groups is 3. The van der Waals surface area contributed by atoms with Crippen LogP contribution < -0.4 is 5.32 Å². The van der Waals surface area contributed by atoms with Crippen LogP contribution in [0.2, 0.25) is 0 Å². The van der Waals surface area contributed by atoms with E-state index in [0.717, 1.165) is 31.4 Å². The van der Waals surface area contributed by atoms with Crippen molar-refractivity contribution in [1.29, 1.82) is 0 Å². The maximum absolute atomic E-state index is 12.2. The molecule has 2 fully saturated rings. The molecule has 0 bridgehead atoms. The van der Waals surface area contributed by atoms with Crippen molar-refractivity contribution in [3.05, 3.63) is 35.4 Å². The quantitative estimate of drug-likeness (QED) is 0.763. The van der Waals surface area contributed by atoms with Crippen LogP contribution in [-0.4, -0.2) is 41.9 Å². The number of likely N-dealkylation sites (tertiary alicyclic amines) is 1. The molecule has 1 N–H and O–H groups in total. The Kier molecular flexibility index (Phi) is 6.70. The second kappa shape index (κ2) is 9.22. The van der Waals surface area contributed by atoms with Gasteiger partial charge in [-0.1, -0.05) is 38.8 Å². The topological polar surface area (TPSA) is 75.7 Å². The lowest BCUT2D eigenvalue weighted by molar-refractivity contribution is -0.128. The number of nitrogens with one attached hydrogen (secondary N) is 1. The van der Waals surface area contributed by atoms with Gasteiger partial charge in [0.1, 0.15) is 0 Å². The SMILES string of the molecule is C[C@@H]1[C@@H](C)CCC[C@H]1NC(=O)COC(=O)c1ccc(CN2CCCC2=O)cc1. The Bertz CT molecular complexity index is 716. The first kappa shape index (κ1) is 20.4. The third kappa shape index (κ3) is 5.12. The molecule has 6 heteroatoms. The van der Waals surface area contributed by atoms with Crippen LogP contribution in [0.5, 0.6) is 0 Å². The van der Waals surface area contributed by atoms with Crippen molar-refractivity contribution in [1.82, 2.24) is 10.2 Å². The van der Waals surface area contributed by atoms with Gasteiger partial charge in [-0.15, -0.1) is 0 Å². The van der Waals surface area contributed by atoms with Gasteiger partial charge in [0.05, 0.1) is 5.56 Å². The van der Waals surface area contributed by atoms with Crippen molar-refractivity contribution in [3.63, 3.8) is 0 Å². The zero-order valence-electron chi connectivity index (χ0n) is 16.8. The molecule has 0 radical (unpaired) electrons. The van der Waals surface area contributed by atoms with Crippen LogP contribution in [0, 0.1) is 11.8 Å². The maximum atomic E-state index is 12.2. The number of hydrogen-bond acceptors (Lipinski definition) is 4. The summed E-state index contributed by atoms with van der Waals surface area (Å²) in [6.45, 7) is 5.47. The minimum absolute atomic E-state index is 0.155. The highest BCUT2D eigenvalue weighted by molar-refractivity contribution is 5.91. The summed E-state index contributed by atoms with van der Waals surface area (Å²) >= 11 is 0. The van der Waals surface area contributed by atoms with Crippen molar-refractivity contribution >= 4 is 17.8 Å². The second-order valence-electron chi connectivity index (χ2n) is 8.13. The normalized spacial score (nSPS) is 24.9. The number of carbonyl (C=O) groups excluding carboxylic acids is 3. The Morgan fingerprint density at radius 1 is 1.14 bits per heavy atom. The minimum Gasteiger partial charge on any atom is -0.452 e. The maximum Gasteiger partial charge on any atom is 0.338 e. The van der Waals surface area contributed by atoms with Gasteiger partial charge in [-0.2, -0.15) is 0 Å². The van der Waals surface area contributed by atoms with Crippen molar-refractivity contribution in [2.75, 3.05) is 13.2 Å². The van der Waals surface area contributed by atoms with Gasteiger partial charge in [0, 0.05) is 25.6 Å². The third-order valence-electron chi connectivity index (χ3n) is 6.12. The molecule has 1 aromatic rings. The molecular formula is C22H30N2O4. The molecule has 1 saturated heterocycles. The van der Waals surface area contributed by atoms with E-state index >= 15 is 0 Å². The molecule has 1 aliphatic carbocycles. The van der Waals surface area contributed by atoms with Gasteiger partial charge >= 0.3 is 5.97 Å². The monoisotopic (exact) mass is 386 g/mol. The molecule has 1 aromatic carbocycles. The molecule has 0 aromatic heterocycles. The fraction of sp³-hybridized carbons (Fsp3) is 0.591. The van der Waals surface area contributed by atoms with Crippen molar-refractivity contribution in [2.45, 2.75) is 58.5 Å². The summed E-state index contributed by atoms with van der Waals surface area (Å²) in [4.78, 5) is 37.9. The van der Waals surface area contributed by atoms with E-state index in [1.54, 1.807) is 12.1 Å². The largest absolute Gasteiger partial charge is 0.452 e. The lowest BCUT2D eigenvalue weighted by atomic mass is 9.78. The molecule has 6 nitrogen and oxygen atoms in total. The number of nitrogens with zero attached hydrogens (tertiary/aromatic N) is 1. The van der Waals surface area contributed by atoms with Gasteiger partial charge in [-0.3, -0.25) is 9.59 Å². The van der Waals surface area contributed by atoms with Crippen LogP contribution in [0.4, 0.5) is 0 Å². The first-order chi connectivity index (χ1) is 13.4.